The summed E-state index contributed by atoms with van der Waals surface area (Å²) in [5, 5.41) is 3.43. The van der Waals surface area contributed by atoms with Gasteiger partial charge in [-0.3, -0.25) is 4.79 Å². The maximum Gasteiger partial charge on any atom is 0.228 e. The molecule has 19 heavy (non-hydrogen) atoms. The van der Waals surface area contributed by atoms with Crippen molar-refractivity contribution >= 4 is 5.91 Å². The fraction of sp³-hybridized carbons (Fsp3) is 0.933. The van der Waals surface area contributed by atoms with Crippen molar-refractivity contribution in [2.24, 2.45) is 11.3 Å². The van der Waals surface area contributed by atoms with Gasteiger partial charge in [0.2, 0.25) is 5.91 Å². The van der Waals surface area contributed by atoms with Crippen LogP contribution in [0.3, 0.4) is 0 Å². The Kier molecular flexibility index (Phi) is 4.85. The molecule has 2 saturated heterocycles. The quantitative estimate of drug-likeness (QED) is 0.846. The number of rotatable bonds is 3. The molecule has 2 unspecified atom stereocenters. The zero-order chi connectivity index (χ0) is 13.9. The standard InChI is InChI=1S/C15H28N2O2/c1-4-13-11-19-9-8-17(13)14(18)15(2,3)12-6-5-7-16-10-12/h12-13,16H,4-11H2,1-3H3. The van der Waals surface area contributed by atoms with Gasteiger partial charge in [0.05, 0.1) is 19.3 Å². The third-order valence-corrected chi connectivity index (χ3v) is 4.83. The number of nitrogens with one attached hydrogen (secondary N) is 1. The van der Waals surface area contributed by atoms with E-state index < -0.39 is 0 Å². The zero-order valence-electron chi connectivity index (χ0n) is 12.6. The first-order valence-electron chi connectivity index (χ1n) is 7.67. The van der Waals surface area contributed by atoms with Gasteiger partial charge in [0, 0.05) is 12.0 Å². The van der Waals surface area contributed by atoms with Crippen LogP contribution in [0.4, 0.5) is 0 Å². The normalized spacial score (nSPS) is 29.3. The highest BCUT2D eigenvalue weighted by atomic mass is 16.5. The highest BCUT2D eigenvalue weighted by Gasteiger charge is 2.42. The summed E-state index contributed by atoms with van der Waals surface area (Å²) in [6, 6.07) is 0.261. The van der Waals surface area contributed by atoms with E-state index in [2.05, 4.69) is 31.0 Å². The minimum Gasteiger partial charge on any atom is -0.377 e. The zero-order valence-corrected chi connectivity index (χ0v) is 12.6. The Balaban J connectivity index is 2.07. The van der Waals surface area contributed by atoms with Crippen molar-refractivity contribution in [2.45, 2.75) is 46.1 Å². The van der Waals surface area contributed by atoms with Crippen molar-refractivity contribution in [1.29, 1.82) is 0 Å². The number of ether oxygens (including phenoxy) is 1. The first-order chi connectivity index (χ1) is 9.07. The maximum absolute atomic E-state index is 12.9. The predicted octanol–water partition coefficient (Wildman–Crippen LogP) is 1.65. The number of amides is 1. The molecular formula is C15H28N2O2. The van der Waals surface area contributed by atoms with Crippen molar-refractivity contribution in [1.82, 2.24) is 10.2 Å². The van der Waals surface area contributed by atoms with Crippen LogP contribution in [0, 0.1) is 11.3 Å². The molecule has 0 aromatic heterocycles. The van der Waals surface area contributed by atoms with E-state index >= 15 is 0 Å². The van der Waals surface area contributed by atoms with Crippen LogP contribution in [0.25, 0.3) is 0 Å². The Hall–Kier alpha value is -0.610. The lowest BCUT2D eigenvalue weighted by Crippen LogP contribution is -2.55. The van der Waals surface area contributed by atoms with E-state index in [1.54, 1.807) is 0 Å². The van der Waals surface area contributed by atoms with Gasteiger partial charge in [0.25, 0.3) is 0 Å². The van der Waals surface area contributed by atoms with E-state index in [1.807, 2.05) is 0 Å². The summed E-state index contributed by atoms with van der Waals surface area (Å²) in [4.78, 5) is 15.0. The van der Waals surface area contributed by atoms with Crippen molar-refractivity contribution in [3.63, 3.8) is 0 Å². The lowest BCUT2D eigenvalue weighted by atomic mass is 9.73. The summed E-state index contributed by atoms with van der Waals surface area (Å²) in [6.45, 7) is 10.6. The smallest absolute Gasteiger partial charge is 0.228 e. The first kappa shape index (κ1) is 14.8. The van der Waals surface area contributed by atoms with E-state index in [0.717, 1.165) is 32.5 Å². The second-order valence-electron chi connectivity index (χ2n) is 6.40. The third-order valence-electron chi connectivity index (χ3n) is 4.83. The molecule has 0 aromatic carbocycles. The minimum absolute atomic E-state index is 0.261. The van der Waals surface area contributed by atoms with Crippen LogP contribution >= 0.6 is 0 Å². The van der Waals surface area contributed by atoms with Crippen LogP contribution < -0.4 is 5.32 Å². The number of piperidine rings is 1. The van der Waals surface area contributed by atoms with Gasteiger partial charge >= 0.3 is 0 Å². The fourth-order valence-corrected chi connectivity index (χ4v) is 3.27. The van der Waals surface area contributed by atoms with E-state index in [-0.39, 0.29) is 11.5 Å². The second kappa shape index (κ2) is 6.23. The lowest BCUT2D eigenvalue weighted by molar-refractivity contribution is -0.152. The van der Waals surface area contributed by atoms with Gasteiger partial charge in [-0.25, -0.2) is 0 Å². The predicted molar refractivity (Wildman–Crippen MR) is 76.0 cm³/mol. The molecule has 2 aliphatic rings. The van der Waals surface area contributed by atoms with Gasteiger partial charge in [-0.05, 0) is 38.3 Å². The van der Waals surface area contributed by atoms with Gasteiger partial charge in [-0.1, -0.05) is 20.8 Å². The lowest BCUT2D eigenvalue weighted by Gasteiger charge is -2.43. The van der Waals surface area contributed by atoms with Gasteiger partial charge in [0.1, 0.15) is 0 Å². The minimum atomic E-state index is -0.266. The van der Waals surface area contributed by atoms with Crippen molar-refractivity contribution < 1.29 is 9.53 Å². The molecule has 0 bridgehead atoms. The SMILES string of the molecule is CCC1COCCN1C(=O)C(C)(C)C1CCCNC1. The summed E-state index contributed by atoms with van der Waals surface area (Å²) < 4.78 is 5.51. The number of carbonyl (C=O) groups is 1. The van der Waals surface area contributed by atoms with E-state index in [1.165, 1.54) is 6.42 Å². The molecule has 0 saturated carbocycles. The molecule has 1 N–H and O–H groups in total. The van der Waals surface area contributed by atoms with Crippen LogP contribution in [0.15, 0.2) is 0 Å². The Labute approximate surface area is 116 Å². The molecule has 0 aliphatic carbocycles. The summed E-state index contributed by atoms with van der Waals surface area (Å²) in [5.74, 6) is 0.769. The summed E-state index contributed by atoms with van der Waals surface area (Å²) >= 11 is 0. The van der Waals surface area contributed by atoms with Gasteiger partial charge in [-0.15, -0.1) is 0 Å². The maximum atomic E-state index is 12.9. The topological polar surface area (TPSA) is 41.6 Å². The average molecular weight is 268 g/mol. The van der Waals surface area contributed by atoms with Gasteiger partial charge in [-0.2, -0.15) is 0 Å². The van der Waals surface area contributed by atoms with Crippen LogP contribution in [-0.4, -0.2) is 49.7 Å². The van der Waals surface area contributed by atoms with Crippen molar-refractivity contribution in [3.05, 3.63) is 0 Å². The number of morpholine rings is 1. The van der Waals surface area contributed by atoms with Crippen LogP contribution in [0.5, 0.6) is 0 Å². The molecule has 0 radical (unpaired) electrons. The average Bonchev–Trinajstić information content (AvgIpc) is 2.47. The van der Waals surface area contributed by atoms with Gasteiger partial charge < -0.3 is 15.0 Å². The van der Waals surface area contributed by atoms with E-state index in [0.29, 0.717) is 25.0 Å². The molecule has 2 heterocycles. The second-order valence-corrected chi connectivity index (χ2v) is 6.40. The largest absolute Gasteiger partial charge is 0.377 e. The fourth-order valence-electron chi connectivity index (χ4n) is 3.27. The third kappa shape index (κ3) is 3.11. The molecule has 1 amide bonds. The Bertz CT molecular complexity index is 311. The molecule has 2 atom stereocenters. The number of hydrogen-bond donors (Lipinski definition) is 1. The number of hydrogen-bond acceptors (Lipinski definition) is 3. The molecule has 2 rings (SSSR count). The summed E-state index contributed by atoms with van der Waals surface area (Å²) in [7, 11) is 0. The molecule has 4 nitrogen and oxygen atoms in total. The molecule has 2 fully saturated rings. The van der Waals surface area contributed by atoms with Crippen molar-refractivity contribution in [2.75, 3.05) is 32.8 Å². The summed E-state index contributed by atoms with van der Waals surface area (Å²) in [5.41, 5.74) is -0.266. The monoisotopic (exact) mass is 268 g/mol. The van der Waals surface area contributed by atoms with E-state index in [9.17, 15) is 4.79 Å². The Morgan fingerprint density at radius 3 is 2.89 bits per heavy atom. The highest BCUT2D eigenvalue weighted by Crippen LogP contribution is 2.34. The molecule has 4 heteroatoms. The molecular weight excluding hydrogens is 240 g/mol. The molecule has 110 valence electrons. The summed E-state index contributed by atoms with van der Waals surface area (Å²) in [6.07, 6.45) is 3.32. The van der Waals surface area contributed by atoms with Crippen LogP contribution in [0.1, 0.15) is 40.0 Å². The van der Waals surface area contributed by atoms with Gasteiger partial charge in [0.15, 0.2) is 0 Å². The first-order valence-corrected chi connectivity index (χ1v) is 7.67. The van der Waals surface area contributed by atoms with E-state index in [4.69, 9.17) is 4.74 Å². The van der Waals surface area contributed by atoms with Crippen LogP contribution in [-0.2, 0) is 9.53 Å². The molecule has 2 aliphatic heterocycles. The highest BCUT2D eigenvalue weighted by molar-refractivity contribution is 5.82. The molecule has 0 spiro atoms. The molecule has 0 aromatic rings. The van der Waals surface area contributed by atoms with Crippen molar-refractivity contribution in [3.8, 4) is 0 Å². The Morgan fingerprint density at radius 2 is 2.26 bits per heavy atom. The Morgan fingerprint density at radius 1 is 1.47 bits per heavy atom. The number of carbonyl (C=O) groups excluding carboxylic acids is 1. The van der Waals surface area contributed by atoms with Crippen LogP contribution in [0.2, 0.25) is 0 Å². The number of nitrogens with zero attached hydrogens (tertiary/aromatic N) is 1.